The van der Waals surface area contributed by atoms with E-state index in [1.807, 2.05) is 0 Å². The normalized spacial score (nSPS) is 42.7. The van der Waals surface area contributed by atoms with Crippen molar-refractivity contribution in [3.05, 3.63) is 34.9 Å². The predicted molar refractivity (Wildman–Crippen MR) is 79.8 cm³/mol. The fourth-order valence-corrected chi connectivity index (χ4v) is 8.08. The molecular weight excluding hydrogens is 235 g/mol. The summed E-state index contributed by atoms with van der Waals surface area (Å²) in [7, 11) is 1.21. The summed E-state index contributed by atoms with van der Waals surface area (Å²) in [6.45, 7) is 4.64. The summed E-state index contributed by atoms with van der Waals surface area (Å²) in [5.41, 5.74) is 5.89. The Balaban J connectivity index is 1.81. The first-order chi connectivity index (χ1) is 8.66. The van der Waals surface area contributed by atoms with Gasteiger partial charge in [-0.3, -0.25) is 0 Å². The van der Waals surface area contributed by atoms with Crippen LogP contribution in [0.15, 0.2) is 18.2 Å². The second-order valence-electron chi connectivity index (χ2n) is 7.02. The number of aryl methyl sites for hydroxylation is 1. The Morgan fingerprint density at radius 1 is 1.06 bits per heavy atom. The molecule has 4 bridgehead atoms. The third-order valence-electron chi connectivity index (χ3n) is 5.78. The summed E-state index contributed by atoms with van der Waals surface area (Å²) in [5, 5.41) is 0.602. The van der Waals surface area contributed by atoms with Gasteiger partial charge in [0, 0.05) is 5.16 Å². The van der Waals surface area contributed by atoms with Gasteiger partial charge in [0.2, 0.25) is 0 Å². The topological polar surface area (TPSA) is 0 Å². The quantitative estimate of drug-likeness (QED) is 0.636. The van der Waals surface area contributed by atoms with Gasteiger partial charge < -0.3 is 0 Å². The SMILES string of the molecule is Cc1cccc(C23CC4CC(CC(C4)P2)C3)c1C. The van der Waals surface area contributed by atoms with Gasteiger partial charge in [0.15, 0.2) is 0 Å². The van der Waals surface area contributed by atoms with Crippen LogP contribution in [-0.2, 0) is 5.16 Å². The third kappa shape index (κ3) is 1.54. The first-order valence-corrected chi connectivity index (χ1v) is 8.58. The molecule has 2 aliphatic heterocycles. The minimum atomic E-state index is 0.602. The van der Waals surface area contributed by atoms with Crippen LogP contribution in [0.1, 0.15) is 48.8 Å². The van der Waals surface area contributed by atoms with Gasteiger partial charge in [-0.25, -0.2) is 0 Å². The molecule has 1 heteroatoms. The zero-order chi connectivity index (χ0) is 12.3. The highest BCUT2D eigenvalue weighted by Gasteiger charge is 2.51. The van der Waals surface area contributed by atoms with E-state index in [0.717, 1.165) is 17.5 Å². The lowest BCUT2D eigenvalue weighted by Gasteiger charge is -2.57. The van der Waals surface area contributed by atoms with Gasteiger partial charge in [-0.1, -0.05) is 18.2 Å². The second kappa shape index (κ2) is 3.83. The van der Waals surface area contributed by atoms with Crippen molar-refractivity contribution in [2.75, 3.05) is 0 Å². The molecule has 0 amide bonds. The Bertz CT molecular complexity index is 453. The van der Waals surface area contributed by atoms with E-state index >= 15 is 0 Å². The van der Waals surface area contributed by atoms with Crippen molar-refractivity contribution in [2.45, 2.75) is 56.8 Å². The summed E-state index contributed by atoms with van der Waals surface area (Å²) in [5.74, 6) is 2.12. The molecule has 3 atom stereocenters. The van der Waals surface area contributed by atoms with Crippen molar-refractivity contribution in [1.29, 1.82) is 0 Å². The molecule has 3 unspecified atom stereocenters. The monoisotopic (exact) mass is 258 g/mol. The molecule has 1 aromatic carbocycles. The molecule has 5 rings (SSSR count). The number of hydrogen-bond donors (Lipinski definition) is 0. The first kappa shape index (κ1) is 11.5. The Morgan fingerprint density at radius 2 is 1.78 bits per heavy atom. The molecule has 0 radical (unpaired) electrons. The van der Waals surface area contributed by atoms with Gasteiger partial charge in [0.25, 0.3) is 0 Å². The maximum atomic E-state index is 2.45. The average Bonchev–Trinajstić information content (AvgIpc) is 2.30. The highest BCUT2D eigenvalue weighted by atomic mass is 31.1. The van der Waals surface area contributed by atoms with Gasteiger partial charge in [-0.2, -0.15) is 0 Å². The van der Waals surface area contributed by atoms with Crippen LogP contribution >= 0.6 is 8.58 Å². The molecule has 0 nitrogen and oxygen atoms in total. The van der Waals surface area contributed by atoms with Crippen LogP contribution in [0.25, 0.3) is 0 Å². The van der Waals surface area contributed by atoms with E-state index < -0.39 is 0 Å². The fraction of sp³-hybridized carbons (Fsp3) is 0.647. The summed E-state index contributed by atoms with van der Waals surface area (Å²) in [6, 6.07) is 7.02. The fourth-order valence-electron chi connectivity index (χ4n) is 5.16. The van der Waals surface area contributed by atoms with Crippen molar-refractivity contribution in [3.63, 3.8) is 0 Å². The summed E-state index contributed by atoms with van der Waals surface area (Å²) < 4.78 is 0. The second-order valence-corrected chi connectivity index (χ2v) is 9.08. The van der Waals surface area contributed by atoms with Crippen LogP contribution in [0, 0.1) is 25.7 Å². The molecule has 0 N–H and O–H groups in total. The molecule has 4 aliphatic rings. The molecular formula is C17H23P. The van der Waals surface area contributed by atoms with Crippen molar-refractivity contribution in [1.82, 2.24) is 0 Å². The summed E-state index contributed by atoms with van der Waals surface area (Å²) in [4.78, 5) is 0. The molecule has 2 heterocycles. The highest BCUT2D eigenvalue weighted by Crippen LogP contribution is 2.68. The van der Waals surface area contributed by atoms with E-state index in [1.54, 1.807) is 30.4 Å². The molecule has 2 aliphatic carbocycles. The van der Waals surface area contributed by atoms with Gasteiger partial charge in [0.1, 0.15) is 0 Å². The minimum absolute atomic E-state index is 0.602. The maximum Gasteiger partial charge on any atom is 0.0137 e. The molecule has 96 valence electrons. The molecule has 0 aromatic heterocycles. The van der Waals surface area contributed by atoms with Crippen molar-refractivity contribution < 1.29 is 0 Å². The molecule has 18 heavy (non-hydrogen) atoms. The Labute approximate surface area is 112 Å². The van der Waals surface area contributed by atoms with E-state index in [-0.39, 0.29) is 0 Å². The van der Waals surface area contributed by atoms with Crippen molar-refractivity contribution in [2.24, 2.45) is 11.8 Å². The lowest BCUT2D eigenvalue weighted by molar-refractivity contribution is 0.135. The van der Waals surface area contributed by atoms with Crippen LogP contribution in [0.4, 0.5) is 0 Å². The van der Waals surface area contributed by atoms with Gasteiger partial charge >= 0.3 is 0 Å². The Hall–Kier alpha value is -0.350. The predicted octanol–water partition coefficient (Wildman–Crippen LogP) is 4.77. The van der Waals surface area contributed by atoms with E-state index in [0.29, 0.717) is 5.16 Å². The molecule has 0 spiro atoms. The minimum Gasteiger partial charge on any atom is -0.108 e. The zero-order valence-electron chi connectivity index (χ0n) is 11.5. The molecule has 2 saturated heterocycles. The largest absolute Gasteiger partial charge is 0.108 e. The van der Waals surface area contributed by atoms with E-state index in [9.17, 15) is 0 Å². The average molecular weight is 258 g/mol. The van der Waals surface area contributed by atoms with Crippen molar-refractivity contribution in [3.8, 4) is 0 Å². The molecule has 1 aromatic rings. The van der Waals surface area contributed by atoms with E-state index in [2.05, 4.69) is 32.0 Å². The van der Waals surface area contributed by atoms with Gasteiger partial charge in [-0.05, 0) is 80.1 Å². The van der Waals surface area contributed by atoms with Crippen molar-refractivity contribution >= 4 is 8.58 Å². The first-order valence-electron chi connectivity index (χ1n) is 7.51. The summed E-state index contributed by atoms with van der Waals surface area (Å²) >= 11 is 0. The van der Waals surface area contributed by atoms with Crippen LogP contribution in [0.2, 0.25) is 0 Å². The Morgan fingerprint density at radius 3 is 2.44 bits per heavy atom. The number of benzene rings is 1. The lowest BCUT2D eigenvalue weighted by Crippen LogP contribution is -2.46. The third-order valence-corrected chi connectivity index (χ3v) is 7.89. The molecule has 2 saturated carbocycles. The van der Waals surface area contributed by atoms with Gasteiger partial charge in [0.05, 0.1) is 0 Å². The van der Waals surface area contributed by atoms with Crippen LogP contribution in [0.3, 0.4) is 0 Å². The van der Waals surface area contributed by atoms with E-state index in [1.165, 1.54) is 27.0 Å². The van der Waals surface area contributed by atoms with E-state index in [4.69, 9.17) is 0 Å². The highest BCUT2D eigenvalue weighted by molar-refractivity contribution is 7.40. The molecule has 4 fully saturated rings. The smallest absolute Gasteiger partial charge is 0.0137 e. The maximum absolute atomic E-state index is 2.45. The standard InChI is InChI=1S/C17H23P/c1-11-4-3-5-16(12(11)2)17-9-13-6-14(10-17)8-15(7-13)18-17/h3-5,13-15,18H,6-10H2,1-2H3. The summed E-state index contributed by atoms with van der Waals surface area (Å²) in [6.07, 6.45) is 7.67. The number of hydrogen-bond acceptors (Lipinski definition) is 0. The number of rotatable bonds is 1. The van der Waals surface area contributed by atoms with Gasteiger partial charge in [-0.15, -0.1) is 8.58 Å². The lowest BCUT2D eigenvalue weighted by atomic mass is 9.64. The van der Waals surface area contributed by atoms with Crippen LogP contribution in [0.5, 0.6) is 0 Å². The van der Waals surface area contributed by atoms with Crippen LogP contribution in [-0.4, -0.2) is 5.66 Å². The van der Waals surface area contributed by atoms with Crippen LogP contribution < -0.4 is 0 Å². The Kier molecular flexibility index (Phi) is 2.44. The zero-order valence-corrected chi connectivity index (χ0v) is 12.5.